The van der Waals surface area contributed by atoms with Crippen molar-refractivity contribution in [2.45, 2.75) is 42.0 Å². The van der Waals surface area contributed by atoms with Crippen molar-refractivity contribution in [2.75, 3.05) is 6.54 Å². The summed E-state index contributed by atoms with van der Waals surface area (Å²) in [5.41, 5.74) is 1.18. The van der Waals surface area contributed by atoms with Crippen LogP contribution in [0.1, 0.15) is 40.8 Å². The van der Waals surface area contributed by atoms with Gasteiger partial charge >= 0.3 is 0 Å². The zero-order valence-electron chi connectivity index (χ0n) is 21.1. The molecule has 11 heteroatoms. The van der Waals surface area contributed by atoms with Crippen LogP contribution in [-0.2, 0) is 14.6 Å². The van der Waals surface area contributed by atoms with E-state index in [9.17, 15) is 22.8 Å². The summed E-state index contributed by atoms with van der Waals surface area (Å²) in [5, 5.41) is 1.70. The highest BCUT2D eigenvalue weighted by Crippen LogP contribution is 2.30. The van der Waals surface area contributed by atoms with Crippen LogP contribution in [0.4, 0.5) is 0 Å². The molecule has 3 atom stereocenters. The van der Waals surface area contributed by atoms with Gasteiger partial charge in [0.15, 0.2) is 15.4 Å². The van der Waals surface area contributed by atoms with E-state index in [-0.39, 0.29) is 35.7 Å². The molecule has 200 valence electrons. The normalized spacial score (nSPS) is 18.1. The minimum Gasteiger partial charge on any atom is -0.434 e. The number of carbonyl (C=O) groups excluding carboxylic acids is 3. The van der Waals surface area contributed by atoms with E-state index in [2.05, 4.69) is 15.3 Å². The highest BCUT2D eigenvalue weighted by molar-refractivity contribution is 7.92. The molecule has 39 heavy (non-hydrogen) atoms. The van der Waals surface area contributed by atoms with Gasteiger partial charge in [-0.25, -0.2) is 13.4 Å². The van der Waals surface area contributed by atoms with Crippen molar-refractivity contribution in [1.82, 2.24) is 20.2 Å². The largest absolute Gasteiger partial charge is 0.434 e. The van der Waals surface area contributed by atoms with E-state index < -0.39 is 44.8 Å². The molecule has 5 rings (SSSR count). The predicted octanol–water partition coefficient (Wildman–Crippen LogP) is 3.06. The van der Waals surface area contributed by atoms with Gasteiger partial charge in [-0.1, -0.05) is 37.3 Å². The average Bonchev–Trinajstić information content (AvgIpc) is 3.62. The molecule has 3 heterocycles. The summed E-state index contributed by atoms with van der Waals surface area (Å²) in [6.45, 7) is 1.54. The Hall–Kier alpha value is -4.38. The van der Waals surface area contributed by atoms with Gasteiger partial charge in [-0.2, -0.15) is 0 Å². The minimum atomic E-state index is -3.84. The zero-order chi connectivity index (χ0) is 27.6. The van der Waals surface area contributed by atoms with Crippen molar-refractivity contribution in [3.63, 3.8) is 0 Å². The second kappa shape index (κ2) is 10.8. The van der Waals surface area contributed by atoms with Crippen molar-refractivity contribution < 1.29 is 27.2 Å². The summed E-state index contributed by atoms with van der Waals surface area (Å²) >= 11 is 0. The number of pyridine rings is 1. The molecule has 1 fully saturated rings. The number of benzene rings is 2. The third kappa shape index (κ3) is 5.17. The van der Waals surface area contributed by atoms with Crippen molar-refractivity contribution >= 4 is 38.5 Å². The molecular weight excluding hydrogens is 520 g/mol. The summed E-state index contributed by atoms with van der Waals surface area (Å²) < 4.78 is 32.4. The molecule has 0 bridgehead atoms. The summed E-state index contributed by atoms with van der Waals surface area (Å²) in [4.78, 5) is 49.7. The molecular formula is C28H26N4O6S. The summed E-state index contributed by atoms with van der Waals surface area (Å²) in [5.74, 6) is -1.80. The number of rotatable bonds is 8. The summed E-state index contributed by atoms with van der Waals surface area (Å²) in [6, 6.07) is 15.9. The fourth-order valence-corrected chi connectivity index (χ4v) is 6.41. The fraction of sp³-hybridized carbons (Fsp3) is 0.250. The number of nitrogens with one attached hydrogen (secondary N) is 1. The lowest BCUT2D eigenvalue weighted by atomic mass is 10.1. The number of hydrogen-bond donors (Lipinski definition) is 1. The smallest absolute Gasteiger partial charge is 0.266 e. The number of likely N-dealkylation sites (tertiary alicyclic amines) is 1. The lowest BCUT2D eigenvalue weighted by Crippen LogP contribution is -2.50. The SMILES string of the molecule is CCC(NC(=O)[C@@H]1C[C@@H](S(=O)(=O)c2ccccc2)CN1C(=O)c1cccnc1)C(=O)c1nc2ccccc2o1. The molecule has 10 nitrogen and oxygen atoms in total. The van der Waals surface area contributed by atoms with Crippen molar-refractivity contribution in [2.24, 2.45) is 0 Å². The highest BCUT2D eigenvalue weighted by atomic mass is 32.2. The number of fused-ring (bicyclic) bond motifs is 1. The molecule has 0 spiro atoms. The van der Waals surface area contributed by atoms with E-state index >= 15 is 0 Å². The summed E-state index contributed by atoms with van der Waals surface area (Å²) in [6.07, 6.45) is 2.99. The second-order valence-corrected chi connectivity index (χ2v) is 11.5. The van der Waals surface area contributed by atoms with Crippen LogP contribution in [0.3, 0.4) is 0 Å². The topological polar surface area (TPSA) is 140 Å². The van der Waals surface area contributed by atoms with Gasteiger partial charge in [0.05, 0.1) is 21.8 Å². The molecule has 0 saturated carbocycles. The molecule has 0 aliphatic carbocycles. The number of hydrogen-bond acceptors (Lipinski definition) is 8. The van der Waals surface area contributed by atoms with Crippen LogP contribution >= 0.6 is 0 Å². The molecule has 4 aromatic rings. The number of para-hydroxylation sites is 2. The highest BCUT2D eigenvalue weighted by Gasteiger charge is 2.46. The van der Waals surface area contributed by atoms with Gasteiger partial charge in [-0.05, 0) is 49.2 Å². The van der Waals surface area contributed by atoms with Crippen molar-refractivity contribution in [3.8, 4) is 0 Å². The van der Waals surface area contributed by atoms with Crippen LogP contribution in [0.5, 0.6) is 0 Å². The number of sulfone groups is 1. The van der Waals surface area contributed by atoms with Crippen molar-refractivity contribution in [3.05, 3.63) is 90.6 Å². The standard InChI is InChI=1S/C28H26N4O6S/c1-2-21(25(33)27-31-22-12-6-7-13-24(22)38-27)30-26(34)23-15-20(39(36,37)19-10-4-3-5-11-19)17-32(23)28(35)18-9-8-14-29-16-18/h3-14,16,20-21,23H,2,15,17H2,1H3,(H,30,34)/t20-,21?,23+/m1/s1. The Balaban J connectivity index is 1.41. The first-order valence-corrected chi connectivity index (χ1v) is 14.0. The third-order valence-corrected chi connectivity index (χ3v) is 8.94. The Morgan fingerprint density at radius 3 is 2.49 bits per heavy atom. The Labute approximate surface area is 225 Å². The third-order valence-electron chi connectivity index (χ3n) is 6.79. The second-order valence-electron chi connectivity index (χ2n) is 9.25. The first kappa shape index (κ1) is 26.2. The molecule has 0 radical (unpaired) electrons. The first-order valence-electron chi connectivity index (χ1n) is 12.5. The van der Waals surface area contributed by atoms with Crippen LogP contribution in [0.15, 0.2) is 88.4 Å². The Bertz CT molecular complexity index is 1590. The van der Waals surface area contributed by atoms with Gasteiger partial charge in [0.25, 0.3) is 11.8 Å². The number of Topliss-reactive ketones (excluding diaryl/α,β-unsaturated/α-hetero) is 1. The maximum absolute atomic E-state index is 13.6. The number of nitrogens with zero attached hydrogens (tertiary/aromatic N) is 3. The lowest BCUT2D eigenvalue weighted by Gasteiger charge is -2.25. The van der Waals surface area contributed by atoms with Gasteiger partial charge in [0.1, 0.15) is 11.6 Å². The van der Waals surface area contributed by atoms with E-state index in [4.69, 9.17) is 4.42 Å². The molecule has 2 aromatic heterocycles. The van der Waals surface area contributed by atoms with Crippen LogP contribution in [0.2, 0.25) is 0 Å². The number of amides is 2. The zero-order valence-corrected chi connectivity index (χ0v) is 21.9. The maximum atomic E-state index is 13.6. The molecule has 1 saturated heterocycles. The Morgan fingerprint density at radius 2 is 1.79 bits per heavy atom. The van der Waals surface area contributed by atoms with Gasteiger partial charge < -0.3 is 14.6 Å². The number of aromatic nitrogens is 2. The molecule has 1 unspecified atom stereocenters. The first-order chi connectivity index (χ1) is 18.8. The summed E-state index contributed by atoms with van der Waals surface area (Å²) in [7, 11) is -3.84. The minimum absolute atomic E-state index is 0.113. The van der Waals surface area contributed by atoms with Gasteiger partial charge in [0.2, 0.25) is 11.7 Å². The van der Waals surface area contributed by atoms with E-state index in [0.29, 0.717) is 11.1 Å². The fourth-order valence-electron chi connectivity index (χ4n) is 4.70. The number of oxazole rings is 1. The van der Waals surface area contributed by atoms with E-state index in [1.807, 2.05) is 0 Å². The monoisotopic (exact) mass is 546 g/mol. The number of carbonyl (C=O) groups is 3. The molecule has 1 N–H and O–H groups in total. The van der Waals surface area contributed by atoms with Crippen molar-refractivity contribution in [1.29, 1.82) is 0 Å². The molecule has 1 aliphatic heterocycles. The molecule has 1 aliphatic rings. The lowest BCUT2D eigenvalue weighted by molar-refractivity contribution is -0.125. The van der Waals surface area contributed by atoms with Gasteiger partial charge in [-0.15, -0.1) is 0 Å². The van der Waals surface area contributed by atoms with Gasteiger partial charge in [0, 0.05) is 18.9 Å². The maximum Gasteiger partial charge on any atom is 0.266 e. The van der Waals surface area contributed by atoms with Crippen LogP contribution < -0.4 is 5.32 Å². The Kier molecular flexibility index (Phi) is 7.25. The average molecular weight is 547 g/mol. The quantitative estimate of drug-likeness (QED) is 0.333. The van der Waals surface area contributed by atoms with Crippen LogP contribution in [-0.4, -0.2) is 64.8 Å². The van der Waals surface area contributed by atoms with E-state index in [1.165, 1.54) is 29.4 Å². The van der Waals surface area contributed by atoms with Gasteiger partial charge in [-0.3, -0.25) is 19.4 Å². The van der Waals surface area contributed by atoms with E-state index in [1.54, 1.807) is 61.5 Å². The van der Waals surface area contributed by atoms with Crippen LogP contribution in [0.25, 0.3) is 11.1 Å². The molecule has 2 amide bonds. The predicted molar refractivity (Wildman–Crippen MR) is 142 cm³/mol. The number of ketones is 1. The van der Waals surface area contributed by atoms with Crippen LogP contribution in [0, 0.1) is 0 Å². The molecule has 2 aromatic carbocycles. The Morgan fingerprint density at radius 1 is 1.05 bits per heavy atom. The van der Waals surface area contributed by atoms with E-state index in [0.717, 1.165) is 0 Å².